The van der Waals surface area contributed by atoms with E-state index in [4.69, 9.17) is 58.2 Å². The van der Waals surface area contributed by atoms with Gasteiger partial charge in [-0.1, -0.05) is 308 Å². The minimum Gasteiger partial charge on any atom is -0.456 e. The maximum absolute atomic E-state index is 9.66. The summed E-state index contributed by atoms with van der Waals surface area (Å²) in [5.41, 5.74) is -13.8. The van der Waals surface area contributed by atoms with Crippen molar-refractivity contribution in [3.8, 4) is 77.9 Å². The van der Waals surface area contributed by atoms with Gasteiger partial charge in [0, 0.05) is 21.5 Å². The van der Waals surface area contributed by atoms with Crippen molar-refractivity contribution >= 4 is 119 Å². The minimum atomic E-state index is -1.15. The molecule has 96 heavy (non-hydrogen) atoms. The van der Waals surface area contributed by atoms with Gasteiger partial charge in [0.25, 0.3) is 0 Å². The maximum atomic E-state index is 9.66. The molecule has 0 aliphatic carbocycles. The SMILES string of the molecule is [2H]c1c([2H])c(-c2c3c([2H])c([2H])c([2H])c([2H])c3c(-c3c([2H])c([2H])c4c([2H])c([2H])c([2H])c([2H])c4c3[2H])c3c([2H])c([2H])c([2H])c([2H])c23)c([2H])c([2H])c1-c1c([2H])c([2H])c2oc3c([2H])c([2H])c4c([2H])c([2H])c([2H])c([2H])c4c3c2c1[2H].[2H]c1c([2H])c([2H])c(-c2c([2H])c([2H])c([2H])c([2H])c2-c2c3c([2H])c([2H])c([2H])c([2H])c3c(-c3c([2H])c([2H])c(-c4c([2H])c([2H])c5oc6c([2H])c([2H])c7c([2H])c([2H])c([2H])c([2H])c7c6c5c4[2H])c([2H])c3[2H])c3c([2H])c([2H])c([2H])c([2H])c23)c([2H])c1[2H]. The highest BCUT2D eigenvalue weighted by Crippen LogP contribution is 2.49. The van der Waals surface area contributed by atoms with Crippen molar-refractivity contribution in [2.75, 3.05) is 0 Å². The first-order valence-electron chi connectivity index (χ1n) is 57.3. The minimum absolute atomic E-state index is 0.364. The Hall–Kier alpha value is -12.6. The topological polar surface area (TPSA) is 26.3 Å². The molecule has 2 aromatic heterocycles. The molecule has 0 aliphatic heterocycles. The Balaban J connectivity index is 0.000000192. The van der Waals surface area contributed by atoms with Gasteiger partial charge >= 0.3 is 0 Å². The zero-order chi connectivity index (χ0) is 114. The molecule has 446 valence electrons. The molecule has 0 aliphatic rings. The van der Waals surface area contributed by atoms with E-state index in [1.54, 1.807) is 0 Å². The molecular weight excluding hydrogens is 1160 g/mol. The normalized spacial score (nSPS) is 20.2. The predicted molar refractivity (Wildman–Crippen MR) is 408 cm³/mol. The quantitative estimate of drug-likeness (QED) is 0.149. The maximum Gasteiger partial charge on any atom is 0.136 e. The molecule has 0 radical (unpaired) electrons. The predicted octanol–water partition coefficient (Wildman–Crippen LogP) is 26.9. The second-order valence-electron chi connectivity index (χ2n) is 20.8. The molecule has 0 fully saturated rings. The lowest BCUT2D eigenvalue weighted by atomic mass is 9.83. The lowest BCUT2D eigenvalue weighted by molar-refractivity contribution is 0.669. The average Bonchev–Trinajstić information content (AvgIpc) is 0.993. The van der Waals surface area contributed by atoms with Crippen molar-refractivity contribution in [2.45, 2.75) is 0 Å². The van der Waals surface area contributed by atoms with E-state index in [9.17, 15) is 30.2 Å². The summed E-state index contributed by atoms with van der Waals surface area (Å²) < 4.78 is 533. The largest absolute Gasteiger partial charge is 0.456 e. The summed E-state index contributed by atoms with van der Waals surface area (Å²) in [6.07, 6.45) is 0. The van der Waals surface area contributed by atoms with Crippen molar-refractivity contribution in [1.29, 1.82) is 0 Å². The molecule has 2 nitrogen and oxygen atoms in total. The van der Waals surface area contributed by atoms with Crippen LogP contribution in [0.15, 0.2) is 359 Å². The first-order valence-corrected chi connectivity index (χ1v) is 28.3. The molecule has 0 N–H and O–H groups in total. The van der Waals surface area contributed by atoms with E-state index in [2.05, 4.69) is 0 Å². The Kier molecular flexibility index (Phi) is 5.24. The van der Waals surface area contributed by atoms with Gasteiger partial charge in [0.05, 0.1) is 79.5 Å². The van der Waals surface area contributed by atoms with E-state index in [0.717, 1.165) is 0 Å². The van der Waals surface area contributed by atoms with E-state index < -0.39 is 537 Å². The van der Waals surface area contributed by atoms with Gasteiger partial charge in [-0.05, 0) is 196 Å². The number of hydrogen-bond acceptors (Lipinski definition) is 2. The van der Waals surface area contributed by atoms with Crippen LogP contribution in [0.2, 0.25) is 0 Å². The summed E-state index contributed by atoms with van der Waals surface area (Å²) >= 11 is 0. The summed E-state index contributed by atoms with van der Waals surface area (Å²) in [7, 11) is 0. The number of furan rings is 2. The van der Waals surface area contributed by atoms with Crippen molar-refractivity contribution in [3.05, 3.63) is 350 Å². The molecule has 0 amide bonds. The van der Waals surface area contributed by atoms with E-state index >= 15 is 0 Å². The molecule has 2 heteroatoms. The smallest absolute Gasteiger partial charge is 0.136 e. The average molecular weight is 1280 g/mol. The first kappa shape index (κ1) is 22.3. The number of rotatable bonds is 7. The number of fused-ring (bicyclic) bond motifs is 15. The van der Waals surface area contributed by atoms with Crippen LogP contribution in [0.4, 0.5) is 0 Å². The highest BCUT2D eigenvalue weighted by atomic mass is 16.3. The van der Waals surface area contributed by atoms with Crippen molar-refractivity contribution in [3.63, 3.8) is 0 Å². The van der Waals surface area contributed by atoms with Crippen LogP contribution in [0, 0.1) is 0 Å². The van der Waals surface area contributed by atoms with Crippen molar-refractivity contribution < 1.29 is 88.3 Å². The summed E-state index contributed by atoms with van der Waals surface area (Å²) in [6, 6.07) is -54.8. The van der Waals surface area contributed by atoms with Crippen LogP contribution in [0.3, 0.4) is 0 Å². The molecular formula is C94H58O2. The van der Waals surface area contributed by atoms with Gasteiger partial charge in [-0.25, -0.2) is 0 Å². The Morgan fingerprint density at radius 3 is 0.938 bits per heavy atom. The third kappa shape index (κ3) is 9.10. The zero-order valence-electron chi connectivity index (χ0n) is 106. The Labute approximate surface area is 635 Å². The third-order valence-corrected chi connectivity index (χ3v) is 15.6. The number of benzene rings is 18. The van der Waals surface area contributed by atoms with Gasteiger partial charge in [0.1, 0.15) is 22.3 Å². The first-order chi connectivity index (χ1) is 71.8. The summed E-state index contributed by atoms with van der Waals surface area (Å²) in [5, 5.41) is -10.9. The molecule has 0 unspecified atom stereocenters. The van der Waals surface area contributed by atoms with E-state index in [-0.39, 0.29) is 10.8 Å². The number of hydrogen-bond donors (Lipinski definition) is 0. The second-order valence-corrected chi connectivity index (χ2v) is 20.8. The molecule has 0 saturated carbocycles. The van der Waals surface area contributed by atoms with E-state index in [0.29, 0.717) is 0 Å². The summed E-state index contributed by atoms with van der Waals surface area (Å²) in [4.78, 5) is 0. The van der Waals surface area contributed by atoms with Crippen LogP contribution >= 0.6 is 0 Å². The highest BCUT2D eigenvalue weighted by molar-refractivity contribution is 6.25. The van der Waals surface area contributed by atoms with Gasteiger partial charge in [-0.2, -0.15) is 0 Å². The van der Waals surface area contributed by atoms with Crippen LogP contribution in [0.1, 0.15) is 79.5 Å². The van der Waals surface area contributed by atoms with Crippen LogP contribution in [-0.2, 0) is 0 Å². The second kappa shape index (κ2) is 22.6. The lowest BCUT2D eigenvalue weighted by Crippen LogP contribution is -1.92. The van der Waals surface area contributed by atoms with Crippen LogP contribution in [0.25, 0.3) is 197 Å². The van der Waals surface area contributed by atoms with E-state index in [1.165, 1.54) is 0 Å². The highest BCUT2D eigenvalue weighted by Gasteiger charge is 2.22. The molecule has 0 atom stereocenters. The van der Waals surface area contributed by atoms with Crippen LogP contribution in [0.5, 0.6) is 0 Å². The third-order valence-electron chi connectivity index (χ3n) is 15.6. The molecule has 20 rings (SSSR count). The van der Waals surface area contributed by atoms with Crippen molar-refractivity contribution in [1.82, 2.24) is 0 Å². The van der Waals surface area contributed by atoms with Gasteiger partial charge in [0.2, 0.25) is 0 Å². The summed E-state index contributed by atoms with van der Waals surface area (Å²) in [5.74, 6) is 0. The van der Waals surface area contributed by atoms with Gasteiger partial charge in [-0.3, -0.25) is 0 Å². The molecule has 0 bridgehead atoms. The molecule has 18 aromatic carbocycles. The van der Waals surface area contributed by atoms with Gasteiger partial charge in [-0.15, -0.1) is 0 Å². The molecule has 0 saturated heterocycles. The Morgan fingerprint density at radius 1 is 0.167 bits per heavy atom. The fourth-order valence-corrected chi connectivity index (χ4v) is 11.5. The molecule has 0 spiro atoms. The standard InChI is InChI=1S/C48H30O.C46H28O/c1-2-12-32(13-3-1)36-15-6-7-17-38(36)47-41-20-10-8-18-39(41)46(40-19-9-11-21-42(40)47)34-24-22-31(23-25-34)35-27-28-44-43(30-35)48-37-16-5-4-14-33(37)26-29-45(48)49-44;1-2-11-33-27-35(22-19-29(33)9-1)45-39-15-7-5-13-37(39)44(38-14-6-8-16-40(38)45)32-20-17-30(18-21-32)34-24-25-42-41(28-34)46-36-12-4-3-10-31(36)23-26-43(46)47-42/h1-30H;1-28H/i1D,2D,3D,4D,5D,6D,7D,8D,9D,10D,11D,12D,13D,14D,15D,16D,17D,18D,19D,20D,21D,22D,23D,24D,25D,26D,27D,28D,29D,30D;1D,2D,3D,4D,5D,6D,7D,8D,9D,10D,11D,12D,13D,14D,15D,16D,17D,18D,19D,20D,21D,22D,23D,24D,25D,26D,27D,28D. The molecule has 20 aromatic rings. The Bertz CT molecular complexity index is 9930. The molecule has 2 heterocycles. The van der Waals surface area contributed by atoms with Crippen LogP contribution < -0.4 is 0 Å². The van der Waals surface area contributed by atoms with Crippen LogP contribution in [-0.4, -0.2) is 0 Å². The zero-order valence-corrected chi connectivity index (χ0v) is 47.8. The summed E-state index contributed by atoms with van der Waals surface area (Å²) in [6.45, 7) is 0. The fraction of sp³-hybridized carbons (Fsp3) is 0. The Morgan fingerprint density at radius 2 is 0.479 bits per heavy atom. The monoisotopic (exact) mass is 1280 g/mol. The van der Waals surface area contributed by atoms with Gasteiger partial charge < -0.3 is 8.83 Å². The lowest BCUT2D eigenvalue weighted by Gasteiger charge is -2.19. The van der Waals surface area contributed by atoms with E-state index in [1.807, 2.05) is 0 Å². The van der Waals surface area contributed by atoms with Gasteiger partial charge in [0.15, 0.2) is 0 Å². The fourth-order valence-electron chi connectivity index (χ4n) is 11.5. The van der Waals surface area contributed by atoms with Crippen molar-refractivity contribution in [2.24, 2.45) is 0 Å².